The Morgan fingerprint density at radius 1 is 1.35 bits per heavy atom. The maximum absolute atomic E-state index is 4.49. The molecule has 0 aromatic carbocycles. The number of aromatic nitrogens is 2. The summed E-state index contributed by atoms with van der Waals surface area (Å²) >= 11 is 0. The molecule has 1 heterocycles. The van der Waals surface area contributed by atoms with Crippen molar-refractivity contribution in [1.82, 2.24) is 20.4 Å². The van der Waals surface area contributed by atoms with Crippen LogP contribution in [0.2, 0.25) is 0 Å². The number of rotatable bonds is 7. The molecule has 0 amide bonds. The maximum atomic E-state index is 4.49. The fourth-order valence-electron chi connectivity index (χ4n) is 2.49. The average molecular weight is 322 g/mol. The van der Waals surface area contributed by atoms with Crippen LogP contribution in [0.15, 0.2) is 11.1 Å². The highest BCUT2D eigenvalue weighted by molar-refractivity contribution is 5.79. The van der Waals surface area contributed by atoms with Crippen molar-refractivity contribution in [1.29, 1.82) is 0 Å². The lowest BCUT2D eigenvalue weighted by Crippen LogP contribution is -2.43. The van der Waals surface area contributed by atoms with Gasteiger partial charge in [0.05, 0.1) is 5.69 Å². The van der Waals surface area contributed by atoms with Gasteiger partial charge in [0.25, 0.3) is 0 Å². The van der Waals surface area contributed by atoms with Crippen LogP contribution in [0, 0.1) is 19.3 Å². The highest BCUT2D eigenvalue weighted by Crippen LogP contribution is 2.21. The number of nitrogens with zero attached hydrogens (tertiary/aromatic N) is 3. The highest BCUT2D eigenvalue weighted by Gasteiger charge is 2.13. The van der Waals surface area contributed by atoms with Gasteiger partial charge < -0.3 is 10.6 Å². The largest absolute Gasteiger partial charge is 0.356 e. The van der Waals surface area contributed by atoms with Gasteiger partial charge in [-0.1, -0.05) is 20.8 Å². The normalized spacial score (nSPS) is 14.0. The molecular formula is C18H35N5. The van der Waals surface area contributed by atoms with E-state index in [-0.39, 0.29) is 0 Å². The predicted octanol–water partition coefficient (Wildman–Crippen LogP) is 3.27. The summed E-state index contributed by atoms with van der Waals surface area (Å²) in [5.41, 5.74) is 2.69. The maximum Gasteiger partial charge on any atom is 0.191 e. The monoisotopic (exact) mass is 321 g/mol. The first-order valence-corrected chi connectivity index (χ1v) is 8.69. The molecule has 1 aromatic heterocycles. The molecule has 0 spiro atoms. The quantitative estimate of drug-likeness (QED) is 0.460. The molecule has 1 unspecified atom stereocenters. The molecule has 0 bridgehead atoms. The third-order valence-electron chi connectivity index (χ3n) is 3.88. The predicted molar refractivity (Wildman–Crippen MR) is 99.0 cm³/mol. The second-order valence-electron chi connectivity index (χ2n) is 7.65. The Morgan fingerprint density at radius 2 is 2.04 bits per heavy atom. The van der Waals surface area contributed by atoms with Crippen molar-refractivity contribution in [3.05, 3.63) is 17.5 Å². The van der Waals surface area contributed by atoms with E-state index in [1.807, 2.05) is 14.0 Å². The molecule has 0 saturated carbocycles. The Morgan fingerprint density at radius 3 is 2.57 bits per heavy atom. The Hall–Kier alpha value is -1.52. The molecule has 1 aromatic rings. The smallest absolute Gasteiger partial charge is 0.191 e. The molecule has 2 N–H and O–H groups in total. The summed E-state index contributed by atoms with van der Waals surface area (Å²) < 4.78 is 2.07. The summed E-state index contributed by atoms with van der Waals surface area (Å²) in [6.45, 7) is 15.0. The molecule has 0 radical (unpaired) electrons. The minimum Gasteiger partial charge on any atom is -0.356 e. The summed E-state index contributed by atoms with van der Waals surface area (Å²) in [5.74, 6) is 0.889. The SMILES string of the molecule is CN=C(NCCCn1nc(C)cc1C)NC(C)CCC(C)(C)C. The topological polar surface area (TPSA) is 54.2 Å². The summed E-state index contributed by atoms with van der Waals surface area (Å²) in [5, 5.41) is 11.3. The molecule has 0 saturated heterocycles. The van der Waals surface area contributed by atoms with Gasteiger partial charge in [0.2, 0.25) is 0 Å². The average Bonchev–Trinajstić information content (AvgIpc) is 2.77. The Labute approximate surface area is 142 Å². The van der Waals surface area contributed by atoms with Gasteiger partial charge in [-0.25, -0.2) is 0 Å². The molecule has 0 aliphatic carbocycles. The van der Waals surface area contributed by atoms with Crippen molar-refractivity contribution in [2.45, 2.75) is 73.4 Å². The number of aryl methyl sites for hydroxylation is 3. The van der Waals surface area contributed by atoms with E-state index in [9.17, 15) is 0 Å². The van der Waals surface area contributed by atoms with Crippen molar-refractivity contribution in [2.24, 2.45) is 10.4 Å². The van der Waals surface area contributed by atoms with Crippen molar-refractivity contribution < 1.29 is 0 Å². The molecule has 1 atom stereocenters. The Bertz CT molecular complexity index is 496. The molecule has 0 aliphatic rings. The van der Waals surface area contributed by atoms with E-state index in [0.717, 1.165) is 37.6 Å². The van der Waals surface area contributed by atoms with Crippen LogP contribution in [-0.2, 0) is 6.54 Å². The van der Waals surface area contributed by atoms with Crippen LogP contribution in [0.5, 0.6) is 0 Å². The van der Waals surface area contributed by atoms with Gasteiger partial charge in [0.1, 0.15) is 0 Å². The number of hydrogen-bond donors (Lipinski definition) is 2. The number of guanidine groups is 1. The van der Waals surface area contributed by atoms with Gasteiger partial charge in [-0.15, -0.1) is 0 Å². The standard InChI is InChI=1S/C18H35N5/c1-14(9-10-18(4,5)6)21-17(19-7)20-11-8-12-23-16(3)13-15(2)22-23/h13-14H,8-12H2,1-7H3,(H2,19,20,21). The van der Waals surface area contributed by atoms with Crippen LogP contribution < -0.4 is 10.6 Å². The molecule has 5 nitrogen and oxygen atoms in total. The molecule has 23 heavy (non-hydrogen) atoms. The molecule has 0 fully saturated rings. The fraction of sp³-hybridized carbons (Fsp3) is 0.778. The molecule has 132 valence electrons. The zero-order valence-corrected chi connectivity index (χ0v) is 16.0. The van der Waals surface area contributed by atoms with Gasteiger partial charge in [0.15, 0.2) is 5.96 Å². The van der Waals surface area contributed by atoms with Crippen molar-refractivity contribution in [2.75, 3.05) is 13.6 Å². The second-order valence-corrected chi connectivity index (χ2v) is 7.65. The third kappa shape index (κ3) is 8.05. The molecular weight excluding hydrogens is 286 g/mol. The van der Waals surface area contributed by atoms with Gasteiger partial charge >= 0.3 is 0 Å². The first kappa shape index (κ1) is 19.5. The van der Waals surface area contributed by atoms with Crippen LogP contribution in [0.3, 0.4) is 0 Å². The summed E-state index contributed by atoms with van der Waals surface area (Å²) in [6.07, 6.45) is 3.38. The lowest BCUT2D eigenvalue weighted by atomic mass is 9.89. The summed E-state index contributed by atoms with van der Waals surface area (Å²) in [6, 6.07) is 2.54. The van der Waals surface area contributed by atoms with Gasteiger partial charge in [0, 0.05) is 31.9 Å². The van der Waals surface area contributed by atoms with E-state index in [1.165, 1.54) is 12.1 Å². The second kappa shape index (κ2) is 8.94. The van der Waals surface area contributed by atoms with E-state index < -0.39 is 0 Å². The zero-order valence-electron chi connectivity index (χ0n) is 16.0. The summed E-state index contributed by atoms with van der Waals surface area (Å²) in [7, 11) is 1.83. The Balaban J connectivity index is 2.27. The lowest BCUT2D eigenvalue weighted by Gasteiger charge is -2.23. The van der Waals surface area contributed by atoms with Crippen LogP contribution in [-0.4, -0.2) is 35.4 Å². The van der Waals surface area contributed by atoms with E-state index >= 15 is 0 Å². The first-order valence-electron chi connectivity index (χ1n) is 8.69. The fourth-order valence-corrected chi connectivity index (χ4v) is 2.49. The lowest BCUT2D eigenvalue weighted by molar-refractivity contribution is 0.346. The molecule has 5 heteroatoms. The van der Waals surface area contributed by atoms with Gasteiger partial charge in [-0.2, -0.15) is 5.10 Å². The van der Waals surface area contributed by atoms with E-state index in [4.69, 9.17) is 0 Å². The van der Waals surface area contributed by atoms with E-state index in [1.54, 1.807) is 0 Å². The van der Waals surface area contributed by atoms with Crippen LogP contribution >= 0.6 is 0 Å². The number of hydrogen-bond acceptors (Lipinski definition) is 2. The highest BCUT2D eigenvalue weighted by atomic mass is 15.3. The minimum absolute atomic E-state index is 0.382. The van der Waals surface area contributed by atoms with E-state index in [0.29, 0.717) is 11.5 Å². The van der Waals surface area contributed by atoms with Crippen molar-refractivity contribution in [3.8, 4) is 0 Å². The molecule has 0 aliphatic heterocycles. The van der Waals surface area contributed by atoms with E-state index in [2.05, 4.69) is 66.1 Å². The number of aliphatic imine (C=N–C) groups is 1. The number of nitrogens with one attached hydrogen (secondary N) is 2. The third-order valence-corrected chi connectivity index (χ3v) is 3.88. The molecule has 1 rings (SSSR count). The van der Waals surface area contributed by atoms with Gasteiger partial charge in [-0.05, 0) is 51.5 Å². The van der Waals surface area contributed by atoms with Crippen LogP contribution in [0.1, 0.15) is 58.3 Å². The van der Waals surface area contributed by atoms with Crippen molar-refractivity contribution >= 4 is 5.96 Å². The Kier molecular flexibility index (Phi) is 7.59. The van der Waals surface area contributed by atoms with Crippen LogP contribution in [0.25, 0.3) is 0 Å². The van der Waals surface area contributed by atoms with Crippen LogP contribution in [0.4, 0.5) is 0 Å². The first-order chi connectivity index (χ1) is 10.7. The zero-order chi connectivity index (χ0) is 17.5. The van der Waals surface area contributed by atoms with Gasteiger partial charge in [-0.3, -0.25) is 9.67 Å². The minimum atomic E-state index is 0.382. The summed E-state index contributed by atoms with van der Waals surface area (Å²) in [4.78, 5) is 4.31. The van der Waals surface area contributed by atoms with Crippen molar-refractivity contribution in [3.63, 3.8) is 0 Å².